The predicted molar refractivity (Wildman–Crippen MR) is 57.8 cm³/mol. The summed E-state index contributed by atoms with van der Waals surface area (Å²) in [6.45, 7) is 1.34. The van der Waals surface area contributed by atoms with Crippen LogP contribution in [0.25, 0.3) is 0 Å². The summed E-state index contributed by atoms with van der Waals surface area (Å²) in [7, 11) is 1.62. The van der Waals surface area contributed by atoms with E-state index in [0.717, 1.165) is 11.4 Å². The highest BCUT2D eigenvalue weighted by atomic mass is 16.5. The Kier molecular flexibility index (Phi) is 2.48. The molecule has 78 valence electrons. The lowest BCUT2D eigenvalue weighted by Gasteiger charge is -2.38. The van der Waals surface area contributed by atoms with E-state index in [-0.39, 0.29) is 0 Å². The number of hydrogen-bond donors (Lipinski definition) is 2. The van der Waals surface area contributed by atoms with Crippen molar-refractivity contribution in [1.82, 2.24) is 5.32 Å². The Balaban J connectivity index is 2.20. The molecule has 2 N–H and O–H groups in total. The minimum atomic E-state index is -0.478. The van der Waals surface area contributed by atoms with Gasteiger partial charge in [0, 0.05) is 13.1 Å². The zero-order valence-corrected chi connectivity index (χ0v) is 8.58. The van der Waals surface area contributed by atoms with Crippen LogP contribution < -0.4 is 15.4 Å². The van der Waals surface area contributed by atoms with Crippen LogP contribution in [0.15, 0.2) is 24.3 Å². The fourth-order valence-electron chi connectivity index (χ4n) is 1.58. The second kappa shape index (κ2) is 3.79. The van der Waals surface area contributed by atoms with E-state index < -0.39 is 5.54 Å². The Bertz CT molecular complexity index is 393. The highest BCUT2D eigenvalue weighted by molar-refractivity contribution is 5.59. The number of para-hydroxylation sites is 2. The van der Waals surface area contributed by atoms with E-state index >= 15 is 0 Å². The second-order valence-corrected chi connectivity index (χ2v) is 3.62. The van der Waals surface area contributed by atoms with Gasteiger partial charge in [-0.15, -0.1) is 0 Å². The van der Waals surface area contributed by atoms with Crippen molar-refractivity contribution in [1.29, 1.82) is 5.26 Å². The lowest BCUT2D eigenvalue weighted by Crippen LogP contribution is -2.63. The van der Waals surface area contributed by atoms with E-state index in [2.05, 4.69) is 16.7 Å². The van der Waals surface area contributed by atoms with Gasteiger partial charge in [-0.05, 0) is 12.1 Å². The van der Waals surface area contributed by atoms with Crippen molar-refractivity contribution in [3.05, 3.63) is 24.3 Å². The first-order valence-corrected chi connectivity index (χ1v) is 4.83. The van der Waals surface area contributed by atoms with Crippen LogP contribution in [0.4, 0.5) is 5.69 Å². The van der Waals surface area contributed by atoms with Crippen molar-refractivity contribution in [2.75, 3.05) is 25.5 Å². The van der Waals surface area contributed by atoms with Crippen LogP contribution in [0, 0.1) is 11.3 Å². The van der Waals surface area contributed by atoms with Crippen LogP contribution >= 0.6 is 0 Å². The van der Waals surface area contributed by atoms with Crippen molar-refractivity contribution >= 4 is 5.69 Å². The van der Waals surface area contributed by atoms with E-state index in [1.54, 1.807) is 7.11 Å². The SMILES string of the molecule is COc1ccccc1NC1(C#N)CNC1. The van der Waals surface area contributed by atoms with E-state index in [0.29, 0.717) is 13.1 Å². The van der Waals surface area contributed by atoms with Crippen molar-refractivity contribution in [3.8, 4) is 11.8 Å². The second-order valence-electron chi connectivity index (χ2n) is 3.62. The Morgan fingerprint density at radius 3 is 2.73 bits per heavy atom. The quantitative estimate of drug-likeness (QED) is 0.768. The van der Waals surface area contributed by atoms with Gasteiger partial charge in [-0.25, -0.2) is 0 Å². The fourth-order valence-corrected chi connectivity index (χ4v) is 1.58. The van der Waals surface area contributed by atoms with Crippen molar-refractivity contribution in [2.45, 2.75) is 5.54 Å². The molecule has 1 saturated heterocycles. The van der Waals surface area contributed by atoms with Gasteiger partial charge >= 0.3 is 0 Å². The maximum Gasteiger partial charge on any atom is 0.150 e. The highest BCUT2D eigenvalue weighted by Gasteiger charge is 2.37. The number of benzene rings is 1. The van der Waals surface area contributed by atoms with Crippen LogP contribution in [0.5, 0.6) is 5.75 Å². The Morgan fingerprint density at radius 2 is 2.20 bits per heavy atom. The predicted octanol–water partition coefficient (Wildman–Crippen LogP) is 0.973. The van der Waals surface area contributed by atoms with Crippen LogP contribution in [0.1, 0.15) is 0 Å². The van der Waals surface area contributed by atoms with Gasteiger partial charge in [0.05, 0.1) is 18.9 Å². The van der Waals surface area contributed by atoms with E-state index in [1.165, 1.54) is 0 Å². The number of rotatable bonds is 3. The lowest BCUT2D eigenvalue weighted by molar-refractivity contribution is 0.380. The highest BCUT2D eigenvalue weighted by Crippen LogP contribution is 2.27. The van der Waals surface area contributed by atoms with Crippen molar-refractivity contribution in [3.63, 3.8) is 0 Å². The Morgan fingerprint density at radius 1 is 1.47 bits per heavy atom. The van der Waals surface area contributed by atoms with Crippen LogP contribution in [-0.2, 0) is 0 Å². The van der Waals surface area contributed by atoms with Crippen molar-refractivity contribution in [2.24, 2.45) is 0 Å². The molecule has 0 unspecified atom stereocenters. The molecule has 0 aliphatic carbocycles. The number of ether oxygens (including phenoxy) is 1. The fraction of sp³-hybridized carbons (Fsp3) is 0.364. The molecule has 4 nitrogen and oxygen atoms in total. The molecule has 1 aliphatic heterocycles. The van der Waals surface area contributed by atoms with Gasteiger partial charge < -0.3 is 15.4 Å². The first-order chi connectivity index (χ1) is 7.29. The molecule has 1 aliphatic rings. The zero-order valence-electron chi connectivity index (χ0n) is 8.58. The molecule has 4 heteroatoms. The molecule has 0 saturated carbocycles. The van der Waals surface area contributed by atoms with Gasteiger partial charge in [0.2, 0.25) is 0 Å². The third-order valence-corrected chi connectivity index (χ3v) is 2.55. The van der Waals surface area contributed by atoms with Crippen LogP contribution in [-0.4, -0.2) is 25.7 Å². The Hall–Kier alpha value is -1.73. The minimum absolute atomic E-state index is 0.478. The number of hydrogen-bond acceptors (Lipinski definition) is 4. The van der Waals surface area contributed by atoms with Crippen molar-refractivity contribution < 1.29 is 4.74 Å². The van der Waals surface area contributed by atoms with Gasteiger partial charge in [-0.3, -0.25) is 0 Å². The first kappa shape index (κ1) is 9.81. The van der Waals surface area contributed by atoms with Gasteiger partial charge in [-0.1, -0.05) is 12.1 Å². The molecule has 0 spiro atoms. The molecular formula is C11H13N3O. The summed E-state index contributed by atoms with van der Waals surface area (Å²) in [5, 5.41) is 15.4. The molecule has 1 aromatic rings. The Labute approximate surface area is 88.9 Å². The van der Waals surface area contributed by atoms with E-state index in [4.69, 9.17) is 10.00 Å². The molecule has 2 rings (SSSR count). The largest absolute Gasteiger partial charge is 0.495 e. The molecule has 0 amide bonds. The van der Waals surface area contributed by atoms with E-state index in [9.17, 15) is 0 Å². The monoisotopic (exact) mass is 203 g/mol. The molecule has 1 fully saturated rings. The molecule has 0 radical (unpaired) electrons. The van der Waals surface area contributed by atoms with Crippen LogP contribution in [0.3, 0.4) is 0 Å². The summed E-state index contributed by atoms with van der Waals surface area (Å²) in [5.74, 6) is 0.763. The summed E-state index contributed by atoms with van der Waals surface area (Å²) in [6, 6.07) is 9.90. The normalized spacial score (nSPS) is 17.3. The average molecular weight is 203 g/mol. The van der Waals surface area contributed by atoms with Gasteiger partial charge in [0.25, 0.3) is 0 Å². The third-order valence-electron chi connectivity index (χ3n) is 2.55. The summed E-state index contributed by atoms with van der Waals surface area (Å²) in [6.07, 6.45) is 0. The topological polar surface area (TPSA) is 57.1 Å². The molecule has 0 bridgehead atoms. The molecule has 1 aromatic carbocycles. The molecule has 0 aromatic heterocycles. The van der Waals surface area contributed by atoms with E-state index in [1.807, 2.05) is 24.3 Å². The number of nitrogens with one attached hydrogen (secondary N) is 2. The minimum Gasteiger partial charge on any atom is -0.495 e. The summed E-state index contributed by atoms with van der Waals surface area (Å²) >= 11 is 0. The van der Waals surface area contributed by atoms with Gasteiger partial charge in [0.15, 0.2) is 5.54 Å². The number of methoxy groups -OCH3 is 1. The van der Waals surface area contributed by atoms with Gasteiger partial charge in [0.1, 0.15) is 5.75 Å². The maximum absolute atomic E-state index is 9.07. The number of nitrogens with zero attached hydrogens (tertiary/aromatic N) is 1. The first-order valence-electron chi connectivity index (χ1n) is 4.83. The molecule has 1 heterocycles. The summed E-state index contributed by atoms with van der Waals surface area (Å²) < 4.78 is 5.21. The number of nitriles is 1. The van der Waals surface area contributed by atoms with Gasteiger partial charge in [-0.2, -0.15) is 5.26 Å². The third kappa shape index (κ3) is 1.74. The number of anilines is 1. The standard InChI is InChI=1S/C11H13N3O/c1-15-10-5-3-2-4-9(10)14-11(6-12)7-13-8-11/h2-5,13-14H,7-8H2,1H3. The smallest absolute Gasteiger partial charge is 0.150 e. The molecule has 0 atom stereocenters. The zero-order chi connectivity index (χ0) is 10.7. The summed E-state index contributed by atoms with van der Waals surface area (Å²) in [5.41, 5.74) is 0.386. The summed E-state index contributed by atoms with van der Waals surface area (Å²) in [4.78, 5) is 0. The molecule has 15 heavy (non-hydrogen) atoms. The maximum atomic E-state index is 9.07. The molecular weight excluding hydrogens is 190 g/mol. The van der Waals surface area contributed by atoms with Crippen LogP contribution in [0.2, 0.25) is 0 Å². The average Bonchev–Trinajstić information content (AvgIpc) is 2.24. The lowest BCUT2D eigenvalue weighted by atomic mass is 9.94.